The van der Waals surface area contributed by atoms with E-state index in [1.54, 1.807) is 0 Å². The summed E-state index contributed by atoms with van der Waals surface area (Å²) in [6.45, 7) is 4.19. The maximum absolute atomic E-state index is 11.8. The van der Waals surface area contributed by atoms with Crippen LogP contribution >= 0.6 is 0 Å². The third-order valence-electron chi connectivity index (χ3n) is 4.68. The molecule has 1 fully saturated rings. The van der Waals surface area contributed by atoms with Gasteiger partial charge in [-0.15, -0.1) is 4.40 Å². The van der Waals surface area contributed by atoms with Crippen LogP contribution in [-0.4, -0.2) is 62.8 Å². The molecule has 1 aromatic rings. The summed E-state index contributed by atoms with van der Waals surface area (Å²) in [6, 6.07) is 8.18. The molecule has 3 N–H and O–H groups in total. The lowest BCUT2D eigenvalue weighted by molar-refractivity contribution is 0.220. The summed E-state index contributed by atoms with van der Waals surface area (Å²) in [6.07, 6.45) is 4.54. The number of likely N-dealkylation sites (tertiary alicyclic amines) is 1. The van der Waals surface area contributed by atoms with Gasteiger partial charge in [0.2, 0.25) is 11.9 Å². The highest BCUT2D eigenvalue weighted by molar-refractivity contribution is 7.88. The normalized spacial score (nSPS) is 21.2. The lowest BCUT2D eigenvalue weighted by atomic mass is 10.1. The molecule has 0 amide bonds. The highest BCUT2D eigenvalue weighted by Crippen LogP contribution is 2.17. The average molecular weight is 409 g/mol. The fourth-order valence-corrected chi connectivity index (χ4v) is 3.94. The second-order valence-corrected chi connectivity index (χ2v) is 8.56. The molecule has 0 atom stereocenters. The molecular formula is C18H28N6O3S. The van der Waals surface area contributed by atoms with Gasteiger partial charge in [-0.3, -0.25) is 15.2 Å². The van der Waals surface area contributed by atoms with E-state index >= 15 is 0 Å². The van der Waals surface area contributed by atoms with Crippen LogP contribution in [0.15, 0.2) is 33.7 Å². The summed E-state index contributed by atoms with van der Waals surface area (Å²) >= 11 is 0. The van der Waals surface area contributed by atoms with Crippen molar-refractivity contribution < 1.29 is 13.2 Å². The van der Waals surface area contributed by atoms with Crippen LogP contribution in [0.2, 0.25) is 0 Å². The smallest absolute Gasteiger partial charge is 0.350 e. The summed E-state index contributed by atoms with van der Waals surface area (Å²) in [5, 5.41) is 2.66. The van der Waals surface area contributed by atoms with Crippen LogP contribution in [0.25, 0.3) is 0 Å². The Morgan fingerprint density at radius 2 is 2.07 bits per heavy atom. The Morgan fingerprint density at radius 3 is 2.86 bits per heavy atom. The number of guanidine groups is 2. The van der Waals surface area contributed by atoms with E-state index < -0.39 is 10.2 Å². The number of piperidine rings is 1. The number of hydrogen-bond acceptors (Lipinski definition) is 6. The minimum absolute atomic E-state index is 0.163. The lowest BCUT2D eigenvalue weighted by Crippen LogP contribution is -2.52. The van der Waals surface area contributed by atoms with Gasteiger partial charge >= 0.3 is 10.2 Å². The first-order valence-electron chi connectivity index (χ1n) is 9.54. The predicted octanol–water partition coefficient (Wildman–Crippen LogP) is 0.892. The van der Waals surface area contributed by atoms with Crippen LogP contribution in [0.5, 0.6) is 5.75 Å². The third-order valence-corrected chi connectivity index (χ3v) is 5.98. The van der Waals surface area contributed by atoms with Crippen molar-refractivity contribution in [2.75, 3.05) is 33.3 Å². The van der Waals surface area contributed by atoms with Gasteiger partial charge in [0, 0.05) is 26.6 Å². The van der Waals surface area contributed by atoms with Crippen LogP contribution in [0, 0.1) is 0 Å². The highest BCUT2D eigenvalue weighted by atomic mass is 32.2. The van der Waals surface area contributed by atoms with Crippen molar-refractivity contribution in [3.63, 3.8) is 0 Å². The first-order chi connectivity index (χ1) is 13.4. The van der Waals surface area contributed by atoms with Gasteiger partial charge in [0.05, 0.1) is 6.61 Å². The zero-order valence-corrected chi connectivity index (χ0v) is 17.0. The van der Waals surface area contributed by atoms with E-state index in [2.05, 4.69) is 31.7 Å². The van der Waals surface area contributed by atoms with Crippen molar-refractivity contribution in [3.05, 3.63) is 29.8 Å². The minimum Gasteiger partial charge on any atom is -0.494 e. The molecule has 28 heavy (non-hydrogen) atoms. The minimum atomic E-state index is -3.79. The molecule has 154 valence electrons. The molecule has 1 saturated heterocycles. The van der Waals surface area contributed by atoms with E-state index in [4.69, 9.17) is 10.5 Å². The molecule has 2 heterocycles. The average Bonchev–Trinajstić information content (AvgIpc) is 2.66. The van der Waals surface area contributed by atoms with Crippen LogP contribution < -0.4 is 15.8 Å². The number of aliphatic imine (C=N–C) groups is 1. The van der Waals surface area contributed by atoms with E-state index in [1.165, 1.54) is 45.0 Å². The van der Waals surface area contributed by atoms with E-state index in [9.17, 15) is 8.42 Å². The van der Waals surface area contributed by atoms with Crippen molar-refractivity contribution in [2.45, 2.75) is 32.2 Å². The SMILES string of the molecule is CN1C(=NCCCOc2cccc(CN3CCCCC3)c2)NC(N)=NS1(=O)=O. The molecular weight excluding hydrogens is 380 g/mol. The van der Waals surface area contributed by atoms with E-state index in [1.807, 2.05) is 12.1 Å². The molecule has 0 spiro atoms. The Hall–Kier alpha value is -2.33. The van der Waals surface area contributed by atoms with Gasteiger partial charge in [-0.05, 0) is 43.6 Å². The largest absolute Gasteiger partial charge is 0.494 e. The van der Waals surface area contributed by atoms with Gasteiger partial charge in [0.1, 0.15) is 5.75 Å². The summed E-state index contributed by atoms with van der Waals surface area (Å²) in [7, 11) is -2.42. The zero-order valence-electron chi connectivity index (χ0n) is 16.2. The van der Waals surface area contributed by atoms with Crippen molar-refractivity contribution in [2.24, 2.45) is 15.1 Å². The Bertz CT molecular complexity index is 833. The topological polar surface area (TPSA) is 113 Å². The summed E-state index contributed by atoms with van der Waals surface area (Å²) in [4.78, 5) is 6.72. The number of nitrogens with one attached hydrogen (secondary N) is 1. The summed E-state index contributed by atoms with van der Waals surface area (Å²) in [5.74, 6) is 0.823. The highest BCUT2D eigenvalue weighted by Gasteiger charge is 2.26. The standard InChI is InChI=1S/C18H28N6O3S/c1-23-18(21-17(19)22-28(23,25)26)20-9-6-12-27-16-8-5-7-15(13-16)14-24-10-3-2-4-11-24/h5,7-8,13H,2-4,6,9-12,14H2,1H3,(H3,19,20,21,22). The first-order valence-corrected chi connectivity index (χ1v) is 10.9. The molecule has 3 rings (SSSR count). The molecule has 0 saturated carbocycles. The van der Waals surface area contributed by atoms with Crippen molar-refractivity contribution in [3.8, 4) is 5.75 Å². The Labute approximate surface area is 166 Å². The van der Waals surface area contributed by atoms with Gasteiger partial charge in [-0.25, -0.2) is 4.31 Å². The van der Waals surface area contributed by atoms with E-state index in [0.717, 1.165) is 16.6 Å². The predicted molar refractivity (Wildman–Crippen MR) is 109 cm³/mol. The molecule has 0 aromatic heterocycles. The Balaban J connectivity index is 1.45. The molecule has 0 bridgehead atoms. The fraction of sp³-hybridized carbons (Fsp3) is 0.556. The Kier molecular flexibility index (Phi) is 6.74. The number of nitrogens with zero attached hydrogens (tertiary/aromatic N) is 4. The second-order valence-electron chi connectivity index (χ2n) is 6.94. The molecule has 0 radical (unpaired) electrons. The maximum atomic E-state index is 11.8. The number of benzene rings is 1. The monoisotopic (exact) mass is 408 g/mol. The fourth-order valence-electron chi connectivity index (χ4n) is 3.20. The van der Waals surface area contributed by atoms with Gasteiger partial charge in [0.15, 0.2) is 0 Å². The summed E-state index contributed by atoms with van der Waals surface area (Å²) < 4.78 is 33.7. The van der Waals surface area contributed by atoms with Gasteiger partial charge in [0.25, 0.3) is 0 Å². The molecule has 0 aliphatic carbocycles. The number of rotatable bonds is 7. The first kappa shape index (κ1) is 20.4. The lowest BCUT2D eigenvalue weighted by Gasteiger charge is -2.26. The Morgan fingerprint density at radius 1 is 1.29 bits per heavy atom. The van der Waals surface area contributed by atoms with Crippen molar-refractivity contribution in [1.82, 2.24) is 14.5 Å². The van der Waals surface area contributed by atoms with Gasteiger partial charge in [-0.1, -0.05) is 18.6 Å². The quantitative estimate of drug-likeness (QED) is 0.648. The number of nitrogens with two attached hydrogens (primary N) is 1. The number of ether oxygens (including phenoxy) is 1. The second kappa shape index (κ2) is 9.24. The number of hydrogen-bond donors (Lipinski definition) is 2. The van der Waals surface area contributed by atoms with Crippen LogP contribution in [0.4, 0.5) is 0 Å². The third kappa shape index (κ3) is 5.59. The molecule has 0 unspecified atom stereocenters. The van der Waals surface area contributed by atoms with Crippen LogP contribution in [-0.2, 0) is 16.8 Å². The summed E-state index contributed by atoms with van der Waals surface area (Å²) in [5.41, 5.74) is 6.73. The van der Waals surface area contributed by atoms with Crippen LogP contribution in [0.3, 0.4) is 0 Å². The van der Waals surface area contributed by atoms with Crippen LogP contribution in [0.1, 0.15) is 31.2 Å². The molecule has 2 aliphatic heterocycles. The molecule has 2 aliphatic rings. The zero-order chi connectivity index (χ0) is 20.0. The van der Waals surface area contributed by atoms with Gasteiger partial charge < -0.3 is 10.5 Å². The maximum Gasteiger partial charge on any atom is 0.350 e. The van der Waals surface area contributed by atoms with Crippen molar-refractivity contribution in [1.29, 1.82) is 0 Å². The molecule has 10 heteroatoms. The molecule has 1 aromatic carbocycles. The van der Waals surface area contributed by atoms with E-state index in [-0.39, 0.29) is 11.9 Å². The van der Waals surface area contributed by atoms with E-state index in [0.29, 0.717) is 19.6 Å². The van der Waals surface area contributed by atoms with Crippen molar-refractivity contribution >= 4 is 22.1 Å². The van der Waals surface area contributed by atoms with Gasteiger partial charge in [-0.2, -0.15) is 8.42 Å². The molecule has 9 nitrogen and oxygen atoms in total.